The minimum Gasteiger partial charge on any atom is -0.374 e. The lowest BCUT2D eigenvalue weighted by Gasteiger charge is -2.40. The second-order valence-electron chi connectivity index (χ2n) is 7.99. The van der Waals surface area contributed by atoms with E-state index in [4.69, 9.17) is 4.74 Å². The van der Waals surface area contributed by atoms with Gasteiger partial charge in [-0.15, -0.1) is 0 Å². The van der Waals surface area contributed by atoms with Gasteiger partial charge in [0.2, 0.25) is 5.91 Å². The summed E-state index contributed by atoms with van der Waals surface area (Å²) in [5, 5.41) is 0. The molecule has 2 aliphatic rings. The van der Waals surface area contributed by atoms with Crippen molar-refractivity contribution in [1.29, 1.82) is 0 Å². The fourth-order valence-electron chi connectivity index (χ4n) is 3.84. The van der Waals surface area contributed by atoms with Crippen molar-refractivity contribution in [2.45, 2.75) is 72.3 Å². The van der Waals surface area contributed by atoms with E-state index < -0.39 is 0 Å². The highest BCUT2D eigenvalue weighted by Crippen LogP contribution is 2.41. The lowest BCUT2D eigenvalue weighted by Crippen LogP contribution is -2.48. The molecule has 1 aliphatic carbocycles. The third-order valence-electron chi connectivity index (χ3n) is 5.51. The van der Waals surface area contributed by atoms with E-state index in [9.17, 15) is 4.79 Å². The Morgan fingerprint density at radius 2 is 1.90 bits per heavy atom. The standard InChI is InChI=1S/C18H33NO2/c1-14(2)16-13-19(10-11-21-16)17(20)12-18(3,4)15-8-6-5-7-9-15/h14-16H,5-13H2,1-4H3. The first-order valence-electron chi connectivity index (χ1n) is 8.79. The summed E-state index contributed by atoms with van der Waals surface area (Å²) >= 11 is 0. The average Bonchev–Trinajstić information content (AvgIpc) is 2.48. The highest BCUT2D eigenvalue weighted by Gasteiger charge is 2.35. The van der Waals surface area contributed by atoms with E-state index in [1.165, 1.54) is 32.1 Å². The van der Waals surface area contributed by atoms with Crippen molar-refractivity contribution < 1.29 is 9.53 Å². The summed E-state index contributed by atoms with van der Waals surface area (Å²) in [6.07, 6.45) is 7.57. The van der Waals surface area contributed by atoms with Crippen LogP contribution in [0, 0.1) is 17.3 Å². The number of morpholine rings is 1. The summed E-state index contributed by atoms with van der Waals surface area (Å²) in [7, 11) is 0. The highest BCUT2D eigenvalue weighted by molar-refractivity contribution is 5.77. The largest absolute Gasteiger partial charge is 0.374 e. The van der Waals surface area contributed by atoms with Crippen molar-refractivity contribution in [1.82, 2.24) is 4.90 Å². The van der Waals surface area contributed by atoms with Crippen molar-refractivity contribution in [2.24, 2.45) is 17.3 Å². The molecule has 0 aromatic carbocycles. The van der Waals surface area contributed by atoms with Crippen molar-refractivity contribution in [2.75, 3.05) is 19.7 Å². The molecule has 122 valence electrons. The Kier molecular flexibility index (Phi) is 5.70. The van der Waals surface area contributed by atoms with Crippen LogP contribution in [0.1, 0.15) is 66.2 Å². The molecule has 3 nitrogen and oxygen atoms in total. The highest BCUT2D eigenvalue weighted by atomic mass is 16.5. The van der Waals surface area contributed by atoms with Crippen molar-refractivity contribution >= 4 is 5.91 Å². The molecule has 1 saturated heterocycles. The van der Waals surface area contributed by atoms with Crippen LogP contribution in [0.15, 0.2) is 0 Å². The summed E-state index contributed by atoms with van der Waals surface area (Å²) in [5.41, 5.74) is 0.142. The van der Waals surface area contributed by atoms with E-state index in [0.29, 0.717) is 24.9 Å². The van der Waals surface area contributed by atoms with Gasteiger partial charge in [0.05, 0.1) is 12.7 Å². The summed E-state index contributed by atoms with van der Waals surface area (Å²) in [6.45, 7) is 11.2. The van der Waals surface area contributed by atoms with E-state index in [2.05, 4.69) is 27.7 Å². The SMILES string of the molecule is CC(C)C1CN(C(=O)CC(C)(C)C2CCCCC2)CCO1. The summed E-state index contributed by atoms with van der Waals surface area (Å²) < 4.78 is 5.77. The van der Waals surface area contributed by atoms with Crippen molar-refractivity contribution in [3.8, 4) is 0 Å². The molecule has 0 aromatic rings. The van der Waals surface area contributed by atoms with Gasteiger partial charge in [-0.25, -0.2) is 0 Å². The molecule has 0 radical (unpaired) electrons. The van der Waals surface area contributed by atoms with Gasteiger partial charge in [-0.05, 0) is 30.1 Å². The Morgan fingerprint density at radius 3 is 2.52 bits per heavy atom. The zero-order valence-corrected chi connectivity index (χ0v) is 14.4. The van der Waals surface area contributed by atoms with Gasteiger partial charge in [-0.2, -0.15) is 0 Å². The van der Waals surface area contributed by atoms with E-state index in [0.717, 1.165) is 19.0 Å². The normalized spacial score (nSPS) is 25.4. The number of rotatable bonds is 4. The fraction of sp³-hybridized carbons (Fsp3) is 0.944. The molecule has 1 unspecified atom stereocenters. The number of ether oxygens (including phenoxy) is 1. The number of hydrogen-bond donors (Lipinski definition) is 0. The van der Waals surface area contributed by atoms with Crippen LogP contribution in [0.4, 0.5) is 0 Å². The van der Waals surface area contributed by atoms with E-state index in [1.807, 2.05) is 4.90 Å². The van der Waals surface area contributed by atoms with Gasteiger partial charge >= 0.3 is 0 Å². The maximum atomic E-state index is 12.7. The Labute approximate surface area is 130 Å². The molecule has 2 fully saturated rings. The Hall–Kier alpha value is -0.570. The first-order chi connectivity index (χ1) is 9.90. The molecule has 0 spiro atoms. The van der Waals surface area contributed by atoms with Crippen LogP contribution < -0.4 is 0 Å². The molecule has 1 aliphatic heterocycles. The van der Waals surface area contributed by atoms with Crippen LogP contribution in [0.3, 0.4) is 0 Å². The molecule has 1 heterocycles. The minimum atomic E-state index is 0.142. The van der Waals surface area contributed by atoms with Crippen LogP contribution >= 0.6 is 0 Å². The molecule has 3 heteroatoms. The topological polar surface area (TPSA) is 29.5 Å². The van der Waals surface area contributed by atoms with Gasteiger partial charge in [0.1, 0.15) is 0 Å². The Morgan fingerprint density at radius 1 is 1.24 bits per heavy atom. The van der Waals surface area contributed by atoms with Crippen LogP contribution in [0.5, 0.6) is 0 Å². The predicted octanol–water partition coefficient (Wildman–Crippen LogP) is 3.87. The van der Waals surface area contributed by atoms with Gasteiger partial charge in [-0.3, -0.25) is 4.79 Å². The van der Waals surface area contributed by atoms with Crippen LogP contribution in [0.2, 0.25) is 0 Å². The summed E-state index contributed by atoms with van der Waals surface area (Å²) in [4.78, 5) is 14.7. The maximum absolute atomic E-state index is 12.7. The Balaban J connectivity index is 1.90. The van der Waals surface area contributed by atoms with Crippen LogP contribution in [0.25, 0.3) is 0 Å². The molecular formula is C18H33NO2. The lowest BCUT2D eigenvalue weighted by atomic mass is 9.69. The van der Waals surface area contributed by atoms with Gasteiger partial charge in [0.25, 0.3) is 0 Å². The third kappa shape index (κ3) is 4.45. The molecule has 21 heavy (non-hydrogen) atoms. The fourth-order valence-corrected chi connectivity index (χ4v) is 3.84. The molecule has 1 saturated carbocycles. The van der Waals surface area contributed by atoms with Crippen LogP contribution in [-0.4, -0.2) is 36.6 Å². The molecule has 0 aromatic heterocycles. The lowest BCUT2D eigenvalue weighted by molar-refractivity contribution is -0.143. The average molecular weight is 295 g/mol. The maximum Gasteiger partial charge on any atom is 0.223 e. The van der Waals surface area contributed by atoms with Crippen molar-refractivity contribution in [3.63, 3.8) is 0 Å². The molecule has 2 rings (SSSR count). The zero-order chi connectivity index (χ0) is 15.5. The quantitative estimate of drug-likeness (QED) is 0.788. The number of carbonyl (C=O) groups is 1. The molecule has 1 atom stereocenters. The minimum absolute atomic E-state index is 0.142. The van der Waals surface area contributed by atoms with E-state index >= 15 is 0 Å². The first kappa shape index (κ1) is 16.8. The van der Waals surface area contributed by atoms with Gasteiger partial charge < -0.3 is 9.64 Å². The van der Waals surface area contributed by atoms with E-state index in [-0.39, 0.29) is 11.5 Å². The zero-order valence-electron chi connectivity index (χ0n) is 14.4. The van der Waals surface area contributed by atoms with Crippen molar-refractivity contribution in [3.05, 3.63) is 0 Å². The molecule has 0 N–H and O–H groups in total. The number of amides is 1. The van der Waals surface area contributed by atoms with E-state index in [1.54, 1.807) is 0 Å². The molecular weight excluding hydrogens is 262 g/mol. The van der Waals surface area contributed by atoms with Crippen LogP contribution in [-0.2, 0) is 9.53 Å². The summed E-state index contributed by atoms with van der Waals surface area (Å²) in [6, 6.07) is 0. The van der Waals surface area contributed by atoms with Gasteiger partial charge in [0.15, 0.2) is 0 Å². The molecule has 1 amide bonds. The second kappa shape index (κ2) is 7.13. The summed E-state index contributed by atoms with van der Waals surface area (Å²) in [5.74, 6) is 1.53. The first-order valence-corrected chi connectivity index (χ1v) is 8.79. The second-order valence-corrected chi connectivity index (χ2v) is 7.99. The van der Waals surface area contributed by atoms with Gasteiger partial charge in [-0.1, -0.05) is 47.0 Å². The number of carbonyl (C=O) groups excluding carboxylic acids is 1. The predicted molar refractivity (Wildman–Crippen MR) is 86.1 cm³/mol. The van der Waals surface area contributed by atoms with Gasteiger partial charge in [0, 0.05) is 19.5 Å². The number of nitrogens with zero attached hydrogens (tertiary/aromatic N) is 1. The Bertz CT molecular complexity index is 345. The number of hydrogen-bond acceptors (Lipinski definition) is 2. The molecule has 0 bridgehead atoms. The third-order valence-corrected chi connectivity index (χ3v) is 5.51. The smallest absolute Gasteiger partial charge is 0.223 e. The monoisotopic (exact) mass is 295 g/mol.